The summed E-state index contributed by atoms with van der Waals surface area (Å²) >= 11 is 18.7. The van der Waals surface area contributed by atoms with Gasteiger partial charge >= 0.3 is 6.01 Å². The molecule has 7 nitrogen and oxygen atoms in total. The summed E-state index contributed by atoms with van der Waals surface area (Å²) in [6.07, 6.45) is 0. The van der Waals surface area contributed by atoms with Crippen molar-refractivity contribution in [2.75, 3.05) is 5.32 Å². The van der Waals surface area contributed by atoms with E-state index in [9.17, 15) is 4.79 Å². The van der Waals surface area contributed by atoms with Gasteiger partial charge in [-0.2, -0.15) is 5.10 Å². The van der Waals surface area contributed by atoms with E-state index in [1.165, 1.54) is 0 Å². The van der Waals surface area contributed by atoms with E-state index in [0.717, 1.165) is 16.8 Å². The van der Waals surface area contributed by atoms with Gasteiger partial charge in [0.2, 0.25) is 5.91 Å². The molecule has 10 heteroatoms. The normalized spacial score (nSPS) is 11.6. The van der Waals surface area contributed by atoms with Crippen molar-refractivity contribution in [1.29, 1.82) is 0 Å². The van der Waals surface area contributed by atoms with Crippen molar-refractivity contribution < 1.29 is 9.21 Å². The first kappa shape index (κ1) is 23.3. The average Bonchev–Trinajstić information content (AvgIpc) is 3.32. The van der Waals surface area contributed by atoms with Crippen molar-refractivity contribution in [3.8, 4) is 28.5 Å². The molecule has 4 rings (SSSR count). The lowest BCUT2D eigenvalue weighted by Gasteiger charge is -2.15. The second kappa shape index (κ2) is 8.82. The maximum atomic E-state index is 12.3. The first-order valence-electron chi connectivity index (χ1n) is 10.0. The molecule has 170 valence electrons. The lowest BCUT2D eigenvalue weighted by molar-refractivity contribution is -0.123. The standard InChI is InChI=1S/C23H20Cl3N5O2/c1-12-18(20-28-29-22(33-20)27-21(32)23(2,3)4)30-31(17-10-9-15(25)11-16(17)26)19(12)13-5-7-14(24)8-6-13/h5-11H,1-4H3,(H,27,29,32). The maximum absolute atomic E-state index is 12.3. The molecule has 33 heavy (non-hydrogen) atoms. The Morgan fingerprint density at radius 2 is 1.67 bits per heavy atom. The molecule has 0 saturated heterocycles. The minimum Gasteiger partial charge on any atom is -0.401 e. The van der Waals surface area contributed by atoms with Crippen LogP contribution >= 0.6 is 34.8 Å². The molecule has 0 bridgehead atoms. The zero-order valence-electron chi connectivity index (χ0n) is 18.3. The quantitative estimate of drug-likeness (QED) is 0.329. The Balaban J connectivity index is 1.84. The van der Waals surface area contributed by atoms with Gasteiger partial charge in [0, 0.05) is 26.6 Å². The molecule has 0 radical (unpaired) electrons. The molecule has 1 amide bonds. The zero-order chi connectivity index (χ0) is 23.9. The van der Waals surface area contributed by atoms with Gasteiger partial charge in [0.25, 0.3) is 5.89 Å². The largest absolute Gasteiger partial charge is 0.401 e. The van der Waals surface area contributed by atoms with E-state index < -0.39 is 5.41 Å². The number of carbonyl (C=O) groups is 1. The summed E-state index contributed by atoms with van der Waals surface area (Å²) < 4.78 is 7.42. The molecule has 0 saturated carbocycles. The first-order chi connectivity index (χ1) is 15.5. The van der Waals surface area contributed by atoms with Crippen LogP contribution < -0.4 is 5.32 Å². The van der Waals surface area contributed by atoms with Crippen LogP contribution in [0.2, 0.25) is 15.1 Å². The zero-order valence-corrected chi connectivity index (χ0v) is 20.5. The van der Waals surface area contributed by atoms with Crippen LogP contribution in [0.5, 0.6) is 0 Å². The van der Waals surface area contributed by atoms with E-state index in [4.69, 9.17) is 44.3 Å². The Labute approximate surface area is 205 Å². The summed E-state index contributed by atoms with van der Waals surface area (Å²) in [7, 11) is 0. The molecular formula is C23H20Cl3N5O2. The number of hydrogen-bond donors (Lipinski definition) is 1. The van der Waals surface area contributed by atoms with E-state index in [0.29, 0.717) is 26.4 Å². The van der Waals surface area contributed by atoms with Crippen molar-refractivity contribution >= 4 is 46.7 Å². The van der Waals surface area contributed by atoms with Crippen LogP contribution in [0.4, 0.5) is 6.01 Å². The van der Waals surface area contributed by atoms with Gasteiger partial charge < -0.3 is 4.42 Å². The van der Waals surface area contributed by atoms with Crippen molar-refractivity contribution in [1.82, 2.24) is 20.0 Å². The molecule has 0 aliphatic rings. The van der Waals surface area contributed by atoms with E-state index in [1.807, 2.05) is 19.1 Å². The molecule has 2 aromatic heterocycles. The average molecular weight is 505 g/mol. The number of hydrogen-bond acceptors (Lipinski definition) is 5. The lowest BCUT2D eigenvalue weighted by atomic mass is 9.96. The predicted octanol–water partition coefficient (Wildman–Crippen LogP) is 6.84. The van der Waals surface area contributed by atoms with Gasteiger partial charge in [0.15, 0.2) is 5.69 Å². The third-order valence-electron chi connectivity index (χ3n) is 4.91. The number of nitrogens with one attached hydrogen (secondary N) is 1. The summed E-state index contributed by atoms with van der Waals surface area (Å²) in [6, 6.07) is 12.5. The van der Waals surface area contributed by atoms with Gasteiger partial charge in [-0.3, -0.25) is 10.1 Å². The molecule has 0 atom stereocenters. The third-order valence-corrected chi connectivity index (χ3v) is 5.70. The second-order valence-corrected chi connectivity index (χ2v) is 9.73. The van der Waals surface area contributed by atoms with E-state index in [2.05, 4.69) is 15.5 Å². The van der Waals surface area contributed by atoms with Crippen LogP contribution in [0.3, 0.4) is 0 Å². The molecule has 2 heterocycles. The second-order valence-electron chi connectivity index (χ2n) is 8.45. The summed E-state index contributed by atoms with van der Waals surface area (Å²) in [5.74, 6) is -0.0782. The molecule has 2 aromatic carbocycles. The van der Waals surface area contributed by atoms with E-state index in [-0.39, 0.29) is 17.8 Å². The van der Waals surface area contributed by atoms with Gasteiger partial charge in [-0.15, -0.1) is 5.10 Å². The molecule has 0 unspecified atom stereocenters. The van der Waals surface area contributed by atoms with Crippen LogP contribution in [0.15, 0.2) is 46.9 Å². The minimum absolute atomic E-state index is 0.00329. The molecule has 0 aliphatic heterocycles. The van der Waals surface area contributed by atoms with Gasteiger partial charge in [-0.1, -0.05) is 72.8 Å². The Hall–Kier alpha value is -2.87. The highest BCUT2D eigenvalue weighted by atomic mass is 35.5. The number of halogens is 3. The number of amides is 1. The molecule has 1 N–H and O–H groups in total. The lowest BCUT2D eigenvalue weighted by Crippen LogP contribution is -2.27. The van der Waals surface area contributed by atoms with Crippen molar-refractivity contribution in [2.45, 2.75) is 27.7 Å². The topological polar surface area (TPSA) is 85.8 Å². The van der Waals surface area contributed by atoms with Crippen LogP contribution in [0.1, 0.15) is 26.3 Å². The number of carbonyl (C=O) groups excluding carboxylic acids is 1. The van der Waals surface area contributed by atoms with Crippen LogP contribution in [0.25, 0.3) is 28.5 Å². The highest BCUT2D eigenvalue weighted by Gasteiger charge is 2.26. The van der Waals surface area contributed by atoms with Gasteiger partial charge in [-0.05, 0) is 37.3 Å². The highest BCUT2D eigenvalue weighted by molar-refractivity contribution is 6.35. The molecule has 0 spiro atoms. The van der Waals surface area contributed by atoms with Crippen LogP contribution in [0, 0.1) is 12.3 Å². The molecular weight excluding hydrogens is 485 g/mol. The van der Waals surface area contributed by atoms with E-state index in [1.54, 1.807) is 55.8 Å². The van der Waals surface area contributed by atoms with Gasteiger partial charge in [0.1, 0.15) is 0 Å². The van der Waals surface area contributed by atoms with E-state index >= 15 is 0 Å². The van der Waals surface area contributed by atoms with Gasteiger partial charge in [0.05, 0.1) is 16.4 Å². The van der Waals surface area contributed by atoms with Crippen LogP contribution in [-0.2, 0) is 4.79 Å². The third kappa shape index (κ3) is 4.76. The SMILES string of the molecule is Cc1c(-c2nnc(NC(=O)C(C)(C)C)o2)nn(-c2ccc(Cl)cc2Cl)c1-c1ccc(Cl)cc1. The maximum Gasteiger partial charge on any atom is 0.322 e. The predicted molar refractivity (Wildman–Crippen MR) is 130 cm³/mol. The minimum atomic E-state index is -0.612. The Morgan fingerprint density at radius 1 is 1.00 bits per heavy atom. The Bertz CT molecular complexity index is 1340. The van der Waals surface area contributed by atoms with Crippen molar-refractivity contribution in [3.05, 3.63) is 63.1 Å². The molecule has 4 aromatic rings. The van der Waals surface area contributed by atoms with Crippen molar-refractivity contribution in [3.63, 3.8) is 0 Å². The number of benzene rings is 2. The number of nitrogens with zero attached hydrogens (tertiary/aromatic N) is 4. The summed E-state index contributed by atoms with van der Waals surface area (Å²) in [5, 5.41) is 17.0. The number of rotatable bonds is 4. The molecule has 0 aliphatic carbocycles. The summed E-state index contributed by atoms with van der Waals surface area (Å²) in [5.41, 5.74) is 2.88. The summed E-state index contributed by atoms with van der Waals surface area (Å²) in [6.45, 7) is 7.27. The Kier molecular flexibility index (Phi) is 6.22. The molecule has 0 fully saturated rings. The fourth-order valence-electron chi connectivity index (χ4n) is 3.13. The van der Waals surface area contributed by atoms with Crippen molar-refractivity contribution in [2.24, 2.45) is 5.41 Å². The monoisotopic (exact) mass is 503 g/mol. The highest BCUT2D eigenvalue weighted by Crippen LogP contribution is 2.36. The first-order valence-corrected chi connectivity index (χ1v) is 11.1. The Morgan fingerprint density at radius 3 is 2.30 bits per heavy atom. The fraction of sp³-hybridized carbons (Fsp3) is 0.217. The summed E-state index contributed by atoms with van der Waals surface area (Å²) in [4.78, 5) is 12.3. The van der Waals surface area contributed by atoms with Gasteiger partial charge in [-0.25, -0.2) is 4.68 Å². The smallest absolute Gasteiger partial charge is 0.322 e. The fourth-order valence-corrected chi connectivity index (χ4v) is 3.74. The number of anilines is 1. The number of aromatic nitrogens is 4. The van der Waals surface area contributed by atoms with Crippen LogP contribution in [-0.4, -0.2) is 25.9 Å².